The first-order chi connectivity index (χ1) is 7.81. The lowest BCUT2D eigenvalue weighted by atomic mass is 10.1. The fourth-order valence-electron chi connectivity index (χ4n) is 1.50. The quantitative estimate of drug-likeness (QED) is 0.792. The number of benzene rings is 1. The van der Waals surface area contributed by atoms with Crippen LogP contribution in [0, 0.1) is 11.3 Å². The van der Waals surface area contributed by atoms with Crippen LogP contribution in [0.4, 0.5) is 0 Å². The number of halogens is 1. The van der Waals surface area contributed by atoms with Crippen molar-refractivity contribution < 1.29 is 0 Å². The Hall–Kier alpha value is -1.85. The van der Waals surface area contributed by atoms with Gasteiger partial charge in [-0.15, -0.1) is 0 Å². The van der Waals surface area contributed by atoms with Crippen molar-refractivity contribution in [1.29, 1.82) is 5.26 Å². The summed E-state index contributed by atoms with van der Waals surface area (Å²) in [6, 6.07) is 13.2. The minimum absolute atomic E-state index is 0.587. The molecule has 0 saturated heterocycles. The summed E-state index contributed by atoms with van der Waals surface area (Å²) in [6.45, 7) is 0. The Kier molecular flexibility index (Phi) is 3.19. The van der Waals surface area contributed by atoms with Crippen LogP contribution in [0.3, 0.4) is 0 Å². The molecule has 0 bridgehead atoms. The van der Waals surface area contributed by atoms with Gasteiger partial charge in [0.25, 0.3) is 0 Å². The largest absolute Gasteiger partial charge is 0.260 e. The van der Waals surface area contributed by atoms with E-state index in [1.807, 2.05) is 24.3 Å². The molecule has 0 atom stereocenters. The highest BCUT2D eigenvalue weighted by Crippen LogP contribution is 2.19. The fourth-order valence-corrected chi connectivity index (χ4v) is 1.71. The molecule has 1 heterocycles. The summed E-state index contributed by atoms with van der Waals surface area (Å²) in [6.07, 6.45) is 2.27. The van der Waals surface area contributed by atoms with E-state index < -0.39 is 0 Å². The molecule has 2 aromatic rings. The summed E-state index contributed by atoms with van der Waals surface area (Å²) in [5.41, 5.74) is 2.35. The number of hydrogen-bond donors (Lipinski definition) is 0. The van der Waals surface area contributed by atoms with E-state index in [-0.39, 0.29) is 0 Å². The molecule has 0 saturated carbocycles. The van der Waals surface area contributed by atoms with Crippen LogP contribution < -0.4 is 0 Å². The van der Waals surface area contributed by atoms with E-state index in [1.54, 1.807) is 18.3 Å². The highest BCUT2D eigenvalue weighted by molar-refractivity contribution is 6.31. The molecule has 0 amide bonds. The number of rotatable bonds is 2. The molecule has 0 unspecified atom stereocenters. The lowest BCUT2D eigenvalue weighted by molar-refractivity contribution is 1.06. The third-order valence-corrected chi connectivity index (χ3v) is 2.70. The van der Waals surface area contributed by atoms with Crippen LogP contribution in [0.2, 0.25) is 5.02 Å². The monoisotopic (exact) mass is 228 g/mol. The Balaban J connectivity index is 2.35. The SMILES string of the molecule is N#Cc1cccnc1Cc1ccccc1Cl. The Morgan fingerprint density at radius 3 is 2.75 bits per heavy atom. The van der Waals surface area contributed by atoms with Gasteiger partial charge in [0, 0.05) is 17.6 Å². The highest BCUT2D eigenvalue weighted by atomic mass is 35.5. The zero-order chi connectivity index (χ0) is 11.4. The third-order valence-electron chi connectivity index (χ3n) is 2.33. The normalized spacial score (nSPS) is 9.75. The molecule has 0 spiro atoms. The first-order valence-corrected chi connectivity index (χ1v) is 5.26. The van der Waals surface area contributed by atoms with Gasteiger partial charge < -0.3 is 0 Å². The number of hydrogen-bond acceptors (Lipinski definition) is 2. The third kappa shape index (κ3) is 2.21. The predicted molar refractivity (Wildman–Crippen MR) is 63.2 cm³/mol. The standard InChI is InChI=1S/C13H9ClN2/c14-12-6-2-1-4-10(12)8-13-11(9-15)5-3-7-16-13/h1-7H,8H2. The van der Waals surface area contributed by atoms with Gasteiger partial charge in [0.2, 0.25) is 0 Å². The lowest BCUT2D eigenvalue weighted by Gasteiger charge is -2.04. The summed E-state index contributed by atoms with van der Waals surface area (Å²) in [5.74, 6) is 0. The molecule has 0 aliphatic heterocycles. The van der Waals surface area contributed by atoms with Crippen LogP contribution in [-0.2, 0) is 6.42 Å². The number of aromatic nitrogens is 1. The van der Waals surface area contributed by atoms with E-state index in [4.69, 9.17) is 16.9 Å². The van der Waals surface area contributed by atoms with Crippen LogP contribution in [0.15, 0.2) is 42.6 Å². The molecule has 1 aromatic heterocycles. The van der Waals surface area contributed by atoms with Crippen molar-refractivity contribution in [3.63, 3.8) is 0 Å². The predicted octanol–water partition coefficient (Wildman–Crippen LogP) is 3.20. The number of nitriles is 1. The molecule has 0 fully saturated rings. The van der Waals surface area contributed by atoms with Crippen LogP contribution >= 0.6 is 11.6 Å². The second kappa shape index (κ2) is 4.78. The first kappa shape index (κ1) is 10.7. The second-order valence-electron chi connectivity index (χ2n) is 3.38. The number of nitrogens with zero attached hydrogens (tertiary/aromatic N) is 2. The first-order valence-electron chi connectivity index (χ1n) is 4.88. The van der Waals surface area contributed by atoms with Crippen LogP contribution in [0.5, 0.6) is 0 Å². The van der Waals surface area contributed by atoms with Crippen LogP contribution in [-0.4, -0.2) is 4.98 Å². The maximum Gasteiger partial charge on any atom is 0.101 e. The fraction of sp³-hybridized carbons (Fsp3) is 0.0769. The lowest BCUT2D eigenvalue weighted by Crippen LogP contribution is -1.96. The molecule has 2 rings (SSSR count). The summed E-state index contributed by atoms with van der Waals surface area (Å²) in [5, 5.41) is 9.65. The average molecular weight is 229 g/mol. The second-order valence-corrected chi connectivity index (χ2v) is 3.78. The van der Waals surface area contributed by atoms with E-state index in [2.05, 4.69) is 11.1 Å². The molecule has 16 heavy (non-hydrogen) atoms. The van der Waals surface area contributed by atoms with Gasteiger partial charge in [0.05, 0.1) is 11.3 Å². The Morgan fingerprint density at radius 2 is 2.00 bits per heavy atom. The van der Waals surface area contributed by atoms with Gasteiger partial charge in [-0.25, -0.2) is 0 Å². The Bertz CT molecular complexity index is 544. The highest BCUT2D eigenvalue weighted by Gasteiger charge is 2.06. The van der Waals surface area contributed by atoms with Gasteiger partial charge in [0.15, 0.2) is 0 Å². The summed E-state index contributed by atoms with van der Waals surface area (Å²) < 4.78 is 0. The van der Waals surface area contributed by atoms with E-state index in [1.165, 1.54) is 0 Å². The van der Waals surface area contributed by atoms with Crippen molar-refractivity contribution in [3.8, 4) is 6.07 Å². The molecule has 1 aromatic carbocycles. The summed E-state index contributed by atoms with van der Waals surface area (Å²) in [7, 11) is 0. The van der Waals surface area contributed by atoms with Gasteiger partial charge >= 0.3 is 0 Å². The maximum atomic E-state index is 8.94. The number of pyridine rings is 1. The van der Waals surface area contributed by atoms with Crippen molar-refractivity contribution in [3.05, 3.63) is 64.4 Å². The van der Waals surface area contributed by atoms with Crippen LogP contribution in [0.25, 0.3) is 0 Å². The maximum absolute atomic E-state index is 8.94. The molecule has 78 valence electrons. The Morgan fingerprint density at radius 1 is 1.19 bits per heavy atom. The Labute approximate surface area is 99.1 Å². The van der Waals surface area contributed by atoms with Crippen molar-refractivity contribution in [2.75, 3.05) is 0 Å². The molecule has 0 N–H and O–H groups in total. The molecular weight excluding hydrogens is 220 g/mol. The zero-order valence-corrected chi connectivity index (χ0v) is 9.28. The molecule has 0 aliphatic rings. The van der Waals surface area contributed by atoms with Crippen molar-refractivity contribution in [1.82, 2.24) is 4.98 Å². The van der Waals surface area contributed by atoms with Gasteiger partial charge in [-0.2, -0.15) is 5.26 Å². The van der Waals surface area contributed by atoms with E-state index in [0.717, 1.165) is 11.3 Å². The summed E-state index contributed by atoms with van der Waals surface area (Å²) >= 11 is 6.06. The zero-order valence-electron chi connectivity index (χ0n) is 8.52. The molecular formula is C13H9ClN2. The van der Waals surface area contributed by atoms with Gasteiger partial charge in [-0.1, -0.05) is 29.8 Å². The van der Waals surface area contributed by atoms with Crippen LogP contribution in [0.1, 0.15) is 16.8 Å². The van der Waals surface area contributed by atoms with Gasteiger partial charge in [-0.3, -0.25) is 4.98 Å². The van der Waals surface area contributed by atoms with Gasteiger partial charge in [-0.05, 0) is 23.8 Å². The summed E-state index contributed by atoms with van der Waals surface area (Å²) in [4.78, 5) is 4.20. The molecule has 0 radical (unpaired) electrons. The van der Waals surface area contributed by atoms with E-state index >= 15 is 0 Å². The van der Waals surface area contributed by atoms with Crippen molar-refractivity contribution >= 4 is 11.6 Å². The topological polar surface area (TPSA) is 36.7 Å². The minimum Gasteiger partial charge on any atom is -0.260 e. The minimum atomic E-state index is 0.587. The van der Waals surface area contributed by atoms with E-state index in [9.17, 15) is 0 Å². The average Bonchev–Trinajstić information content (AvgIpc) is 2.33. The molecule has 2 nitrogen and oxygen atoms in total. The molecule has 0 aliphatic carbocycles. The smallest absolute Gasteiger partial charge is 0.101 e. The molecule has 3 heteroatoms. The van der Waals surface area contributed by atoms with Crippen molar-refractivity contribution in [2.24, 2.45) is 0 Å². The van der Waals surface area contributed by atoms with E-state index in [0.29, 0.717) is 17.0 Å². The van der Waals surface area contributed by atoms with Crippen molar-refractivity contribution in [2.45, 2.75) is 6.42 Å². The van der Waals surface area contributed by atoms with Gasteiger partial charge in [0.1, 0.15) is 6.07 Å².